The Hall–Kier alpha value is 0.0174. The molecule has 0 aliphatic rings. The average Bonchev–Trinajstić information content (AvgIpc) is 2.01. The zero-order valence-corrected chi connectivity index (χ0v) is 8.30. The monoisotopic (exact) mass is 270 g/mol. The van der Waals surface area contributed by atoms with E-state index in [0.717, 1.165) is 0 Å². The molecule has 92 valence electrons. The Morgan fingerprint density at radius 3 is 1.50 bits per heavy atom. The molecule has 0 rings (SSSR count). The van der Waals surface area contributed by atoms with Crippen molar-refractivity contribution in [3.63, 3.8) is 0 Å². The van der Waals surface area contributed by atoms with E-state index in [9.17, 15) is 43.7 Å². The van der Waals surface area contributed by atoms with Gasteiger partial charge in [-0.05, 0) is 0 Å². The summed E-state index contributed by atoms with van der Waals surface area (Å²) in [6, 6.07) is 0. The van der Waals surface area contributed by atoms with Gasteiger partial charge in [0.1, 0.15) is 0 Å². The van der Waals surface area contributed by atoms with E-state index >= 15 is 0 Å². The van der Waals surface area contributed by atoms with Gasteiger partial charge in [0.2, 0.25) is 0 Å². The minimum Gasteiger partial charge on any atom is -0.743 e. The molecule has 0 spiro atoms. The molecule has 0 aromatic carbocycles. The van der Waals surface area contributed by atoms with Gasteiger partial charge >= 0.3 is 36.0 Å². The standard InChI is InChI=1S/C4H3F7O3S.Li/c5-1-2(6,7)3(8,9)4(10,11)15(12,13)14;/h1H2,(H,12,13,14);/q;+1/p-1. The van der Waals surface area contributed by atoms with Gasteiger partial charge in [0.15, 0.2) is 16.8 Å². The van der Waals surface area contributed by atoms with Crippen LogP contribution in [0.2, 0.25) is 0 Å². The minimum absolute atomic E-state index is 0. The Kier molecular flexibility index (Phi) is 5.42. The minimum atomic E-state index is -7.03. The summed E-state index contributed by atoms with van der Waals surface area (Å²) in [5.74, 6) is -12.6. The normalized spacial score (nSPS) is 14.5. The topological polar surface area (TPSA) is 57.2 Å². The van der Waals surface area contributed by atoms with Gasteiger partial charge in [-0.2, -0.15) is 26.3 Å². The first kappa shape index (κ1) is 18.4. The summed E-state index contributed by atoms with van der Waals surface area (Å²) in [5, 5.41) is -6.59. The molecule has 16 heavy (non-hydrogen) atoms. The first-order valence-corrected chi connectivity index (χ1v) is 4.37. The predicted octanol–water partition coefficient (Wildman–Crippen LogP) is -1.63. The van der Waals surface area contributed by atoms with Crippen LogP contribution in [0.1, 0.15) is 0 Å². The number of hydrogen-bond acceptors (Lipinski definition) is 3. The van der Waals surface area contributed by atoms with E-state index in [4.69, 9.17) is 0 Å². The molecule has 0 amide bonds. The predicted molar refractivity (Wildman–Crippen MR) is 30.5 cm³/mol. The van der Waals surface area contributed by atoms with E-state index < -0.39 is 33.9 Å². The van der Waals surface area contributed by atoms with E-state index in [-0.39, 0.29) is 18.9 Å². The van der Waals surface area contributed by atoms with E-state index in [1.807, 2.05) is 0 Å². The summed E-state index contributed by atoms with van der Waals surface area (Å²) >= 11 is 0. The van der Waals surface area contributed by atoms with Crippen molar-refractivity contribution in [3.8, 4) is 0 Å². The molecule has 0 saturated carbocycles. The molecular formula is C4H2F7LiO3S. The quantitative estimate of drug-likeness (QED) is 0.350. The van der Waals surface area contributed by atoms with Crippen molar-refractivity contribution in [2.45, 2.75) is 17.1 Å². The van der Waals surface area contributed by atoms with E-state index in [1.165, 1.54) is 0 Å². The molecular weight excluding hydrogens is 268 g/mol. The molecule has 12 heteroatoms. The summed E-state index contributed by atoms with van der Waals surface area (Å²) in [5.41, 5.74) is 0. The number of rotatable bonds is 4. The van der Waals surface area contributed by atoms with E-state index in [0.29, 0.717) is 0 Å². The molecule has 0 fully saturated rings. The van der Waals surface area contributed by atoms with Crippen LogP contribution in [-0.4, -0.2) is 36.7 Å². The van der Waals surface area contributed by atoms with Crippen LogP contribution >= 0.6 is 0 Å². The van der Waals surface area contributed by atoms with Crippen molar-refractivity contribution in [3.05, 3.63) is 0 Å². The maximum Gasteiger partial charge on any atom is 1.00 e. The molecule has 0 bridgehead atoms. The van der Waals surface area contributed by atoms with Crippen LogP contribution < -0.4 is 18.9 Å². The summed E-state index contributed by atoms with van der Waals surface area (Å²) in [6.07, 6.45) is 0. The van der Waals surface area contributed by atoms with E-state index in [1.54, 1.807) is 0 Å². The Morgan fingerprint density at radius 2 is 1.31 bits per heavy atom. The number of halogens is 7. The molecule has 0 radical (unpaired) electrons. The third-order valence-corrected chi connectivity index (χ3v) is 2.19. The summed E-state index contributed by atoms with van der Waals surface area (Å²) in [6.45, 7) is -3.23. The SMILES string of the molecule is O=S(=O)([O-])C(F)(F)C(F)(F)C(F)(F)CF.[Li+]. The summed E-state index contributed by atoms with van der Waals surface area (Å²) in [7, 11) is -7.03. The van der Waals surface area contributed by atoms with Crippen molar-refractivity contribution in [2.75, 3.05) is 6.67 Å². The van der Waals surface area contributed by atoms with Gasteiger partial charge < -0.3 is 4.55 Å². The summed E-state index contributed by atoms with van der Waals surface area (Å²) < 4.78 is 113. The second-order valence-corrected chi connectivity index (χ2v) is 3.80. The number of alkyl halides is 7. The van der Waals surface area contributed by atoms with Crippen LogP contribution in [0.15, 0.2) is 0 Å². The fourth-order valence-electron chi connectivity index (χ4n) is 0.454. The maximum absolute atomic E-state index is 12.2. The molecule has 0 aromatic rings. The van der Waals surface area contributed by atoms with Crippen LogP contribution in [0, 0.1) is 0 Å². The summed E-state index contributed by atoms with van der Waals surface area (Å²) in [4.78, 5) is 0. The fraction of sp³-hybridized carbons (Fsp3) is 1.00. The second-order valence-electron chi connectivity index (χ2n) is 2.38. The van der Waals surface area contributed by atoms with Crippen molar-refractivity contribution >= 4 is 10.1 Å². The first-order valence-electron chi connectivity index (χ1n) is 2.96. The Labute approximate surface area is 96.9 Å². The van der Waals surface area contributed by atoms with Gasteiger partial charge in [0.25, 0.3) is 0 Å². The third kappa shape index (κ3) is 2.64. The van der Waals surface area contributed by atoms with Crippen LogP contribution in [-0.2, 0) is 10.1 Å². The van der Waals surface area contributed by atoms with E-state index in [2.05, 4.69) is 0 Å². The van der Waals surface area contributed by atoms with Crippen molar-refractivity contribution in [1.29, 1.82) is 0 Å². The first-order chi connectivity index (χ1) is 6.31. The van der Waals surface area contributed by atoms with Gasteiger partial charge in [-0.25, -0.2) is 12.8 Å². The smallest absolute Gasteiger partial charge is 0.743 e. The fourth-order valence-corrected chi connectivity index (χ4v) is 0.917. The second kappa shape index (κ2) is 4.71. The van der Waals surface area contributed by atoms with Crippen molar-refractivity contribution < 1.29 is 62.6 Å². The largest absolute Gasteiger partial charge is 1.00 e. The van der Waals surface area contributed by atoms with Gasteiger partial charge in [0.05, 0.1) is 0 Å². The molecule has 0 aromatic heterocycles. The maximum atomic E-state index is 12.2. The van der Waals surface area contributed by atoms with Crippen LogP contribution in [0.5, 0.6) is 0 Å². The molecule has 0 atom stereocenters. The van der Waals surface area contributed by atoms with Crippen LogP contribution in [0.3, 0.4) is 0 Å². The molecule has 0 saturated heterocycles. The van der Waals surface area contributed by atoms with Gasteiger partial charge in [-0.15, -0.1) is 0 Å². The average molecular weight is 270 g/mol. The molecule has 0 aliphatic heterocycles. The zero-order valence-electron chi connectivity index (χ0n) is 7.49. The number of hydrogen-bond donors (Lipinski definition) is 0. The Morgan fingerprint density at radius 1 is 1.00 bits per heavy atom. The molecule has 0 unspecified atom stereocenters. The molecule has 3 nitrogen and oxygen atoms in total. The third-order valence-electron chi connectivity index (χ3n) is 1.31. The Bertz CT molecular complexity index is 340. The van der Waals surface area contributed by atoms with Crippen molar-refractivity contribution in [1.82, 2.24) is 0 Å². The van der Waals surface area contributed by atoms with Crippen LogP contribution in [0.25, 0.3) is 0 Å². The Balaban J connectivity index is 0. The van der Waals surface area contributed by atoms with Gasteiger partial charge in [-0.3, -0.25) is 0 Å². The van der Waals surface area contributed by atoms with Crippen molar-refractivity contribution in [2.24, 2.45) is 0 Å². The van der Waals surface area contributed by atoms with Crippen LogP contribution in [0.4, 0.5) is 30.7 Å². The molecule has 0 aliphatic carbocycles. The molecule has 0 heterocycles. The van der Waals surface area contributed by atoms with Gasteiger partial charge in [-0.1, -0.05) is 0 Å². The zero-order chi connectivity index (χ0) is 12.7. The molecule has 0 N–H and O–H groups in total. The van der Waals surface area contributed by atoms with Gasteiger partial charge in [0, 0.05) is 0 Å².